The monoisotopic (exact) mass is 188 g/mol. The minimum absolute atomic E-state index is 0.331. The molecule has 3 heteroatoms. The maximum absolute atomic E-state index is 9.37. The van der Waals surface area contributed by atoms with Crippen molar-refractivity contribution in [2.24, 2.45) is 7.05 Å². The first-order valence-corrected chi connectivity index (χ1v) is 4.45. The lowest BCUT2D eigenvalue weighted by molar-refractivity contribution is 0.471. The molecule has 0 atom stereocenters. The molecule has 0 saturated heterocycles. The van der Waals surface area contributed by atoms with Crippen molar-refractivity contribution in [1.29, 1.82) is 0 Å². The molecule has 0 bridgehead atoms. The van der Waals surface area contributed by atoms with E-state index in [9.17, 15) is 5.11 Å². The Balaban J connectivity index is 2.47. The maximum atomic E-state index is 9.37. The highest BCUT2D eigenvalue weighted by Crippen LogP contribution is 2.24. The lowest BCUT2D eigenvalue weighted by atomic mass is 10.1. The highest BCUT2D eigenvalue weighted by atomic mass is 16.3. The molecule has 1 heterocycles. The van der Waals surface area contributed by atoms with Crippen molar-refractivity contribution in [3.63, 3.8) is 0 Å². The minimum atomic E-state index is 0.331. The molecule has 0 aliphatic rings. The van der Waals surface area contributed by atoms with Gasteiger partial charge in [-0.3, -0.25) is 4.68 Å². The van der Waals surface area contributed by atoms with Gasteiger partial charge in [-0.05, 0) is 30.2 Å². The molecule has 1 aromatic carbocycles. The van der Waals surface area contributed by atoms with Crippen molar-refractivity contribution < 1.29 is 5.11 Å². The van der Waals surface area contributed by atoms with Gasteiger partial charge in [0.1, 0.15) is 5.75 Å². The van der Waals surface area contributed by atoms with Crippen molar-refractivity contribution in [1.82, 2.24) is 9.78 Å². The van der Waals surface area contributed by atoms with Gasteiger partial charge in [0.05, 0.1) is 6.20 Å². The van der Waals surface area contributed by atoms with Crippen LogP contribution in [0, 0.1) is 6.92 Å². The predicted molar refractivity (Wildman–Crippen MR) is 55.0 cm³/mol. The summed E-state index contributed by atoms with van der Waals surface area (Å²) in [5.41, 5.74) is 3.02. The summed E-state index contributed by atoms with van der Waals surface area (Å²) in [7, 11) is 1.89. The van der Waals surface area contributed by atoms with E-state index in [1.165, 1.54) is 0 Å². The first-order chi connectivity index (χ1) is 6.66. The third-order valence-electron chi connectivity index (χ3n) is 2.24. The molecule has 72 valence electrons. The lowest BCUT2D eigenvalue weighted by Crippen LogP contribution is -1.84. The number of aryl methyl sites for hydroxylation is 2. The Hall–Kier alpha value is -1.77. The van der Waals surface area contributed by atoms with E-state index >= 15 is 0 Å². The number of benzene rings is 1. The molecule has 0 aliphatic carbocycles. The van der Waals surface area contributed by atoms with Crippen molar-refractivity contribution in [2.45, 2.75) is 6.92 Å². The van der Waals surface area contributed by atoms with E-state index in [2.05, 4.69) is 5.10 Å². The molecule has 1 aromatic heterocycles. The zero-order valence-corrected chi connectivity index (χ0v) is 8.23. The first kappa shape index (κ1) is 8.81. The Morgan fingerprint density at radius 1 is 1.29 bits per heavy atom. The van der Waals surface area contributed by atoms with Crippen LogP contribution in [0.15, 0.2) is 30.6 Å². The molecule has 2 aromatic rings. The van der Waals surface area contributed by atoms with Gasteiger partial charge in [-0.15, -0.1) is 0 Å². The zero-order valence-electron chi connectivity index (χ0n) is 8.23. The molecule has 0 radical (unpaired) electrons. The minimum Gasteiger partial charge on any atom is -0.508 e. The fourth-order valence-corrected chi connectivity index (χ4v) is 1.41. The standard InChI is InChI=1S/C11H12N2O/c1-8-5-9(3-4-11(8)14)10-6-12-13(2)7-10/h3-7,14H,1-2H3. The van der Waals surface area contributed by atoms with E-state index < -0.39 is 0 Å². The van der Waals surface area contributed by atoms with Gasteiger partial charge in [-0.25, -0.2) is 0 Å². The smallest absolute Gasteiger partial charge is 0.118 e. The molecule has 0 spiro atoms. The van der Waals surface area contributed by atoms with E-state index in [-0.39, 0.29) is 0 Å². The van der Waals surface area contributed by atoms with Gasteiger partial charge in [0.2, 0.25) is 0 Å². The number of hydrogen-bond acceptors (Lipinski definition) is 2. The highest BCUT2D eigenvalue weighted by Gasteiger charge is 2.02. The van der Waals surface area contributed by atoms with Gasteiger partial charge in [0.15, 0.2) is 0 Å². The number of hydrogen-bond donors (Lipinski definition) is 1. The molecule has 14 heavy (non-hydrogen) atoms. The summed E-state index contributed by atoms with van der Waals surface area (Å²) in [4.78, 5) is 0. The lowest BCUT2D eigenvalue weighted by Gasteiger charge is -2.01. The molecule has 0 fully saturated rings. The molecule has 3 nitrogen and oxygen atoms in total. The molecule has 2 rings (SSSR count). The summed E-state index contributed by atoms with van der Waals surface area (Å²) in [5.74, 6) is 0.331. The van der Waals surface area contributed by atoms with Gasteiger partial charge in [-0.1, -0.05) is 6.07 Å². The van der Waals surface area contributed by atoms with E-state index in [1.807, 2.05) is 38.5 Å². The Bertz CT molecular complexity index is 460. The van der Waals surface area contributed by atoms with Gasteiger partial charge in [0, 0.05) is 18.8 Å². The van der Waals surface area contributed by atoms with Crippen LogP contribution in [0.4, 0.5) is 0 Å². The van der Waals surface area contributed by atoms with Crippen LogP contribution in [0.1, 0.15) is 5.56 Å². The summed E-state index contributed by atoms with van der Waals surface area (Å²) in [6.45, 7) is 1.88. The van der Waals surface area contributed by atoms with Crippen molar-refractivity contribution in [3.8, 4) is 16.9 Å². The molecular formula is C11H12N2O. The van der Waals surface area contributed by atoms with Crippen LogP contribution in [0.2, 0.25) is 0 Å². The summed E-state index contributed by atoms with van der Waals surface area (Å²) in [5, 5.41) is 13.5. The summed E-state index contributed by atoms with van der Waals surface area (Å²) >= 11 is 0. The summed E-state index contributed by atoms with van der Waals surface area (Å²) in [6.07, 6.45) is 3.76. The number of nitrogens with zero attached hydrogens (tertiary/aromatic N) is 2. The largest absolute Gasteiger partial charge is 0.508 e. The SMILES string of the molecule is Cc1cc(-c2cnn(C)c2)ccc1O. The van der Waals surface area contributed by atoms with Crippen LogP contribution in [0.25, 0.3) is 11.1 Å². The second-order valence-electron chi connectivity index (χ2n) is 3.40. The molecule has 0 saturated carbocycles. The normalized spacial score (nSPS) is 10.4. The number of aromatic nitrogens is 2. The highest BCUT2D eigenvalue weighted by molar-refractivity contribution is 5.63. The summed E-state index contributed by atoms with van der Waals surface area (Å²) in [6, 6.07) is 5.54. The van der Waals surface area contributed by atoms with Crippen LogP contribution >= 0.6 is 0 Å². The van der Waals surface area contributed by atoms with Gasteiger partial charge in [0.25, 0.3) is 0 Å². The second kappa shape index (κ2) is 3.18. The number of rotatable bonds is 1. The average Bonchev–Trinajstić information content (AvgIpc) is 2.57. The average molecular weight is 188 g/mol. The fourth-order valence-electron chi connectivity index (χ4n) is 1.41. The van der Waals surface area contributed by atoms with Crippen molar-refractivity contribution in [2.75, 3.05) is 0 Å². The molecule has 0 aliphatic heterocycles. The Labute approximate surface area is 82.6 Å². The maximum Gasteiger partial charge on any atom is 0.118 e. The van der Waals surface area contributed by atoms with E-state index in [0.717, 1.165) is 16.7 Å². The van der Waals surface area contributed by atoms with E-state index in [0.29, 0.717) is 5.75 Å². The van der Waals surface area contributed by atoms with Crippen LogP contribution in [0.5, 0.6) is 5.75 Å². The summed E-state index contributed by atoms with van der Waals surface area (Å²) < 4.78 is 1.76. The first-order valence-electron chi connectivity index (χ1n) is 4.45. The molecular weight excluding hydrogens is 176 g/mol. The Morgan fingerprint density at radius 3 is 2.64 bits per heavy atom. The fraction of sp³-hybridized carbons (Fsp3) is 0.182. The second-order valence-corrected chi connectivity index (χ2v) is 3.40. The molecule has 0 unspecified atom stereocenters. The van der Waals surface area contributed by atoms with Gasteiger partial charge < -0.3 is 5.11 Å². The molecule has 1 N–H and O–H groups in total. The van der Waals surface area contributed by atoms with Crippen LogP contribution < -0.4 is 0 Å². The quantitative estimate of drug-likeness (QED) is 0.744. The van der Waals surface area contributed by atoms with Crippen molar-refractivity contribution in [3.05, 3.63) is 36.2 Å². The third kappa shape index (κ3) is 1.48. The van der Waals surface area contributed by atoms with Gasteiger partial charge in [-0.2, -0.15) is 5.10 Å². The van der Waals surface area contributed by atoms with Gasteiger partial charge >= 0.3 is 0 Å². The Kier molecular flexibility index (Phi) is 2.00. The number of aromatic hydroxyl groups is 1. The van der Waals surface area contributed by atoms with Crippen LogP contribution in [-0.2, 0) is 7.05 Å². The van der Waals surface area contributed by atoms with E-state index in [4.69, 9.17) is 0 Å². The third-order valence-corrected chi connectivity index (χ3v) is 2.24. The molecule has 0 amide bonds. The predicted octanol–water partition coefficient (Wildman–Crippen LogP) is 2.10. The number of phenols is 1. The van der Waals surface area contributed by atoms with Crippen molar-refractivity contribution >= 4 is 0 Å². The zero-order chi connectivity index (χ0) is 10.1. The van der Waals surface area contributed by atoms with Crippen LogP contribution in [0.3, 0.4) is 0 Å². The number of phenolic OH excluding ortho intramolecular Hbond substituents is 1. The topological polar surface area (TPSA) is 38.0 Å². The Morgan fingerprint density at radius 2 is 2.07 bits per heavy atom. The van der Waals surface area contributed by atoms with Crippen LogP contribution in [-0.4, -0.2) is 14.9 Å². The van der Waals surface area contributed by atoms with E-state index in [1.54, 1.807) is 10.7 Å².